The van der Waals surface area contributed by atoms with Gasteiger partial charge >= 0.3 is 12.1 Å². The minimum absolute atomic E-state index is 0.207. The van der Waals surface area contributed by atoms with Gasteiger partial charge in [0.15, 0.2) is 0 Å². The van der Waals surface area contributed by atoms with Crippen LogP contribution in [0.1, 0.15) is 28.0 Å². The third-order valence-corrected chi connectivity index (χ3v) is 2.15. The molecule has 0 spiro atoms. The largest absolute Gasteiger partial charge is 0.478 e. The number of aromatic carboxylic acids is 1. The minimum Gasteiger partial charge on any atom is -0.478 e. The summed E-state index contributed by atoms with van der Waals surface area (Å²) in [5.41, 5.74) is -4.40. The third-order valence-electron chi connectivity index (χ3n) is 1.77. The van der Waals surface area contributed by atoms with Crippen LogP contribution in [0.15, 0.2) is 6.20 Å². The van der Waals surface area contributed by atoms with Crippen molar-refractivity contribution in [1.82, 2.24) is 4.98 Å². The van der Waals surface area contributed by atoms with Crippen LogP contribution in [0.25, 0.3) is 0 Å². The number of alkyl halides is 5. The van der Waals surface area contributed by atoms with Crippen LogP contribution >= 0.6 is 11.6 Å². The van der Waals surface area contributed by atoms with E-state index in [1.165, 1.54) is 0 Å². The first-order valence-electron chi connectivity index (χ1n) is 3.93. The van der Waals surface area contributed by atoms with E-state index in [9.17, 15) is 26.7 Å². The summed E-state index contributed by atoms with van der Waals surface area (Å²) in [4.78, 5) is 13.4. The molecule has 0 aliphatic rings. The smallest absolute Gasteiger partial charge is 0.418 e. The standard InChI is InChI=1S/C8H3ClF5NO2/c9-4-3(8(12,13)14)2(7(16)17)1-15-5(4)6(10)11/h1,6H,(H,16,17). The van der Waals surface area contributed by atoms with E-state index >= 15 is 0 Å². The first-order chi connectivity index (χ1) is 7.66. The molecule has 0 bridgehead atoms. The van der Waals surface area contributed by atoms with E-state index in [4.69, 9.17) is 16.7 Å². The highest BCUT2D eigenvalue weighted by atomic mass is 35.5. The van der Waals surface area contributed by atoms with Gasteiger partial charge in [0.05, 0.1) is 16.1 Å². The predicted molar refractivity (Wildman–Crippen MR) is 46.2 cm³/mol. The molecule has 0 saturated carbocycles. The molecule has 0 unspecified atom stereocenters. The number of hydrogen-bond donors (Lipinski definition) is 1. The first kappa shape index (κ1) is 13.6. The van der Waals surface area contributed by atoms with Crippen LogP contribution in [-0.4, -0.2) is 16.1 Å². The van der Waals surface area contributed by atoms with Crippen molar-refractivity contribution < 1.29 is 31.9 Å². The lowest BCUT2D eigenvalue weighted by molar-refractivity contribution is -0.138. The number of carboxylic acid groups (broad SMARTS) is 1. The molecule has 0 saturated heterocycles. The fraction of sp³-hybridized carbons (Fsp3) is 0.250. The second-order valence-corrected chi connectivity index (χ2v) is 3.23. The number of pyridine rings is 1. The van der Waals surface area contributed by atoms with Crippen molar-refractivity contribution >= 4 is 17.6 Å². The van der Waals surface area contributed by atoms with Crippen LogP contribution in [0.3, 0.4) is 0 Å². The van der Waals surface area contributed by atoms with Gasteiger partial charge in [-0.05, 0) is 0 Å². The molecule has 94 valence electrons. The molecule has 0 amide bonds. The Morgan fingerprint density at radius 2 is 1.94 bits per heavy atom. The van der Waals surface area contributed by atoms with Crippen molar-refractivity contribution in [2.24, 2.45) is 0 Å². The van der Waals surface area contributed by atoms with E-state index in [0.29, 0.717) is 0 Å². The summed E-state index contributed by atoms with van der Waals surface area (Å²) < 4.78 is 62.0. The Kier molecular flexibility index (Phi) is 3.56. The summed E-state index contributed by atoms with van der Waals surface area (Å²) in [6.07, 6.45) is -8.28. The molecule has 0 aliphatic carbocycles. The molecule has 1 N–H and O–H groups in total. The molecule has 1 aromatic rings. The minimum atomic E-state index is -5.16. The highest BCUT2D eigenvalue weighted by Crippen LogP contribution is 2.40. The molecule has 1 rings (SSSR count). The van der Waals surface area contributed by atoms with Crippen molar-refractivity contribution in [2.75, 3.05) is 0 Å². The van der Waals surface area contributed by atoms with Gasteiger partial charge < -0.3 is 5.11 Å². The molecular formula is C8H3ClF5NO2. The van der Waals surface area contributed by atoms with Gasteiger partial charge in [-0.3, -0.25) is 4.98 Å². The van der Waals surface area contributed by atoms with Crippen LogP contribution in [0, 0.1) is 0 Å². The van der Waals surface area contributed by atoms with E-state index in [1.807, 2.05) is 0 Å². The lowest BCUT2D eigenvalue weighted by Gasteiger charge is -2.13. The van der Waals surface area contributed by atoms with Gasteiger partial charge in [-0.25, -0.2) is 13.6 Å². The van der Waals surface area contributed by atoms with Gasteiger partial charge in [0.25, 0.3) is 6.43 Å². The van der Waals surface area contributed by atoms with Crippen LogP contribution in [0.2, 0.25) is 5.02 Å². The molecule has 1 heterocycles. The van der Waals surface area contributed by atoms with E-state index in [1.54, 1.807) is 0 Å². The molecule has 0 fully saturated rings. The quantitative estimate of drug-likeness (QED) is 0.842. The van der Waals surface area contributed by atoms with Crippen LogP contribution in [0.5, 0.6) is 0 Å². The maximum absolute atomic E-state index is 12.5. The second-order valence-electron chi connectivity index (χ2n) is 2.85. The van der Waals surface area contributed by atoms with Gasteiger partial charge in [-0.1, -0.05) is 11.6 Å². The van der Waals surface area contributed by atoms with Crippen molar-refractivity contribution in [3.05, 3.63) is 28.0 Å². The highest BCUT2D eigenvalue weighted by Gasteiger charge is 2.40. The maximum Gasteiger partial charge on any atom is 0.418 e. The number of hydrogen-bond acceptors (Lipinski definition) is 2. The van der Waals surface area contributed by atoms with Crippen molar-refractivity contribution in [3.63, 3.8) is 0 Å². The van der Waals surface area contributed by atoms with Gasteiger partial charge in [-0.15, -0.1) is 0 Å². The fourth-order valence-corrected chi connectivity index (χ4v) is 1.43. The summed E-state index contributed by atoms with van der Waals surface area (Å²) in [6, 6.07) is 0. The number of halogens is 6. The molecule has 3 nitrogen and oxygen atoms in total. The molecule has 0 radical (unpaired) electrons. The topological polar surface area (TPSA) is 50.2 Å². The second kappa shape index (κ2) is 4.44. The molecular weight excluding hydrogens is 273 g/mol. The van der Waals surface area contributed by atoms with Crippen molar-refractivity contribution in [3.8, 4) is 0 Å². The lowest BCUT2D eigenvalue weighted by Crippen LogP contribution is -2.16. The van der Waals surface area contributed by atoms with Gasteiger partial charge in [-0.2, -0.15) is 13.2 Å². The van der Waals surface area contributed by atoms with Crippen LogP contribution in [0.4, 0.5) is 22.0 Å². The Hall–Kier alpha value is -1.44. The van der Waals surface area contributed by atoms with Gasteiger partial charge in [0, 0.05) is 6.20 Å². The summed E-state index contributed by atoms with van der Waals surface area (Å²) in [5, 5.41) is 7.10. The van der Waals surface area contributed by atoms with E-state index in [2.05, 4.69) is 4.98 Å². The molecule has 1 aromatic heterocycles. The normalized spacial score (nSPS) is 11.9. The summed E-state index contributed by atoms with van der Waals surface area (Å²) >= 11 is 5.11. The van der Waals surface area contributed by atoms with Crippen LogP contribution in [-0.2, 0) is 6.18 Å². The van der Waals surface area contributed by atoms with Gasteiger partial charge in [0.2, 0.25) is 0 Å². The molecule has 9 heteroatoms. The van der Waals surface area contributed by atoms with E-state index in [-0.39, 0.29) is 6.20 Å². The Morgan fingerprint density at radius 1 is 1.41 bits per heavy atom. The van der Waals surface area contributed by atoms with Crippen molar-refractivity contribution in [2.45, 2.75) is 12.6 Å². The monoisotopic (exact) mass is 275 g/mol. The zero-order valence-electron chi connectivity index (χ0n) is 7.73. The number of nitrogens with zero attached hydrogens (tertiary/aromatic N) is 1. The van der Waals surface area contributed by atoms with E-state index in [0.717, 1.165) is 0 Å². The fourth-order valence-electron chi connectivity index (χ4n) is 1.09. The molecule has 0 atom stereocenters. The maximum atomic E-state index is 12.5. The molecule has 0 aliphatic heterocycles. The average Bonchev–Trinajstić information content (AvgIpc) is 2.14. The number of carbonyl (C=O) groups is 1. The van der Waals surface area contributed by atoms with Crippen LogP contribution < -0.4 is 0 Å². The summed E-state index contributed by atoms with van der Waals surface area (Å²) in [5.74, 6) is -1.95. The average molecular weight is 276 g/mol. The summed E-state index contributed by atoms with van der Waals surface area (Å²) in [6.45, 7) is 0. The number of carboxylic acids is 1. The predicted octanol–water partition coefficient (Wildman–Crippen LogP) is 3.39. The molecule has 0 aromatic carbocycles. The zero-order valence-corrected chi connectivity index (χ0v) is 8.48. The summed E-state index contributed by atoms with van der Waals surface area (Å²) in [7, 11) is 0. The Balaban J connectivity index is 3.60. The Labute approximate surface area is 95.8 Å². The molecule has 17 heavy (non-hydrogen) atoms. The zero-order chi connectivity index (χ0) is 13.4. The van der Waals surface area contributed by atoms with Crippen molar-refractivity contribution in [1.29, 1.82) is 0 Å². The Morgan fingerprint density at radius 3 is 2.29 bits per heavy atom. The Bertz CT molecular complexity index is 460. The lowest BCUT2D eigenvalue weighted by atomic mass is 10.1. The third kappa shape index (κ3) is 2.63. The van der Waals surface area contributed by atoms with Gasteiger partial charge in [0.1, 0.15) is 5.69 Å². The highest BCUT2D eigenvalue weighted by molar-refractivity contribution is 6.32. The number of aromatic nitrogens is 1. The number of rotatable bonds is 2. The van der Waals surface area contributed by atoms with E-state index < -0.39 is 40.4 Å². The SMILES string of the molecule is O=C(O)c1cnc(C(F)F)c(Cl)c1C(F)(F)F. The first-order valence-corrected chi connectivity index (χ1v) is 4.31.